The van der Waals surface area contributed by atoms with Crippen molar-refractivity contribution >= 4 is 11.6 Å². The lowest BCUT2D eigenvalue weighted by Crippen LogP contribution is -2.37. The highest BCUT2D eigenvalue weighted by Gasteiger charge is 2.22. The summed E-state index contributed by atoms with van der Waals surface area (Å²) in [7, 11) is 0. The lowest BCUT2D eigenvalue weighted by molar-refractivity contribution is 0.334. The highest BCUT2D eigenvalue weighted by atomic mass is 35.5. The normalized spacial score (nSPS) is 16.4. The summed E-state index contributed by atoms with van der Waals surface area (Å²) in [5.41, 5.74) is 2.54. The van der Waals surface area contributed by atoms with E-state index in [1.54, 1.807) is 0 Å². The second-order valence-electron chi connectivity index (χ2n) is 6.18. The van der Waals surface area contributed by atoms with Crippen LogP contribution in [-0.4, -0.2) is 19.2 Å². The van der Waals surface area contributed by atoms with E-state index >= 15 is 0 Å². The molecule has 1 aromatic carbocycles. The van der Waals surface area contributed by atoms with Gasteiger partial charge in [0, 0.05) is 17.5 Å². The van der Waals surface area contributed by atoms with E-state index in [1.807, 2.05) is 0 Å². The maximum absolute atomic E-state index is 6.28. The fourth-order valence-electron chi connectivity index (χ4n) is 3.20. The zero-order valence-corrected chi connectivity index (χ0v) is 14.3. The molecule has 0 amide bonds. The van der Waals surface area contributed by atoms with Gasteiger partial charge in [0.25, 0.3) is 0 Å². The Balaban J connectivity index is 2.16. The summed E-state index contributed by atoms with van der Waals surface area (Å²) in [5.74, 6) is 1.75. The van der Waals surface area contributed by atoms with E-state index in [9.17, 15) is 0 Å². The zero-order chi connectivity index (χ0) is 15.2. The van der Waals surface area contributed by atoms with Crippen LogP contribution >= 0.6 is 11.6 Å². The lowest BCUT2D eigenvalue weighted by atomic mass is 9.90. The predicted molar refractivity (Wildman–Crippen MR) is 90.5 cm³/mol. The average Bonchev–Trinajstić information content (AvgIpc) is 2.91. The van der Waals surface area contributed by atoms with Crippen molar-refractivity contribution in [3.63, 3.8) is 0 Å². The molecule has 1 N–H and O–H groups in total. The van der Waals surface area contributed by atoms with E-state index < -0.39 is 0 Å². The van der Waals surface area contributed by atoms with E-state index in [2.05, 4.69) is 38.2 Å². The minimum absolute atomic E-state index is 0.497. The van der Waals surface area contributed by atoms with Crippen molar-refractivity contribution in [1.29, 1.82) is 0 Å². The molecule has 3 heteroatoms. The van der Waals surface area contributed by atoms with Gasteiger partial charge in [-0.2, -0.15) is 0 Å². The summed E-state index contributed by atoms with van der Waals surface area (Å²) in [6.07, 6.45) is 5.64. The molecule has 0 aromatic heterocycles. The van der Waals surface area contributed by atoms with Crippen molar-refractivity contribution in [3.8, 4) is 5.75 Å². The van der Waals surface area contributed by atoms with Crippen molar-refractivity contribution in [3.05, 3.63) is 28.3 Å². The van der Waals surface area contributed by atoms with E-state index in [0.717, 1.165) is 36.8 Å². The summed E-state index contributed by atoms with van der Waals surface area (Å²) in [6, 6.07) is 4.64. The molecule has 1 aliphatic heterocycles. The second-order valence-corrected chi connectivity index (χ2v) is 6.62. The molecule has 1 heterocycles. The third-order valence-corrected chi connectivity index (χ3v) is 4.57. The molecule has 1 aromatic rings. The number of hydrogen-bond acceptors (Lipinski definition) is 2. The van der Waals surface area contributed by atoms with Crippen LogP contribution in [0.3, 0.4) is 0 Å². The van der Waals surface area contributed by atoms with E-state index in [4.69, 9.17) is 16.3 Å². The number of nitrogens with one attached hydrogen (secondary N) is 1. The molecular weight excluding hydrogens is 282 g/mol. The Bertz CT molecular complexity index is 461. The molecule has 0 aliphatic carbocycles. The van der Waals surface area contributed by atoms with Crippen LogP contribution < -0.4 is 10.1 Å². The fraction of sp³-hybridized carbons (Fsp3) is 0.667. The minimum atomic E-state index is 0.497. The van der Waals surface area contributed by atoms with Crippen molar-refractivity contribution in [2.24, 2.45) is 5.92 Å². The maximum Gasteiger partial charge on any atom is 0.125 e. The second kappa shape index (κ2) is 8.05. The Hall–Kier alpha value is -0.730. The smallest absolute Gasteiger partial charge is 0.125 e. The van der Waals surface area contributed by atoms with Gasteiger partial charge in [0.15, 0.2) is 0 Å². The van der Waals surface area contributed by atoms with Crippen molar-refractivity contribution < 1.29 is 4.74 Å². The highest BCUT2D eigenvalue weighted by molar-refractivity contribution is 6.30. The number of halogens is 1. The fourth-order valence-corrected chi connectivity index (χ4v) is 3.46. The van der Waals surface area contributed by atoms with Crippen LogP contribution in [0.2, 0.25) is 5.02 Å². The molecule has 118 valence electrons. The Labute approximate surface area is 134 Å². The van der Waals surface area contributed by atoms with Crippen LogP contribution in [0.25, 0.3) is 0 Å². The number of ether oxygens (including phenoxy) is 1. The largest absolute Gasteiger partial charge is 0.493 e. The Morgan fingerprint density at radius 2 is 2.10 bits per heavy atom. The summed E-state index contributed by atoms with van der Waals surface area (Å²) >= 11 is 6.28. The Kier molecular flexibility index (Phi) is 6.38. The molecule has 1 aliphatic rings. The van der Waals surface area contributed by atoms with Crippen LogP contribution in [0.4, 0.5) is 0 Å². The molecule has 2 unspecified atom stereocenters. The summed E-state index contributed by atoms with van der Waals surface area (Å²) in [4.78, 5) is 0. The Morgan fingerprint density at radius 3 is 2.81 bits per heavy atom. The molecule has 0 spiro atoms. The first-order valence-electron chi connectivity index (χ1n) is 8.33. The third kappa shape index (κ3) is 4.37. The predicted octanol–water partition coefficient (Wildman–Crippen LogP) is 4.62. The molecule has 2 atom stereocenters. The number of rotatable bonds is 8. The number of hydrogen-bond donors (Lipinski definition) is 1. The van der Waals surface area contributed by atoms with Gasteiger partial charge in [0.2, 0.25) is 0 Å². The molecule has 21 heavy (non-hydrogen) atoms. The van der Waals surface area contributed by atoms with Gasteiger partial charge in [0.1, 0.15) is 5.75 Å². The first kappa shape index (κ1) is 16.6. The number of benzene rings is 1. The van der Waals surface area contributed by atoms with Gasteiger partial charge in [-0.3, -0.25) is 0 Å². The highest BCUT2D eigenvalue weighted by Crippen LogP contribution is 2.34. The molecular formula is C18H28ClNO. The van der Waals surface area contributed by atoms with Gasteiger partial charge >= 0.3 is 0 Å². The van der Waals surface area contributed by atoms with Crippen LogP contribution in [0.5, 0.6) is 5.75 Å². The molecule has 2 nitrogen and oxygen atoms in total. The summed E-state index contributed by atoms with van der Waals surface area (Å²) in [5, 5.41) is 4.55. The first-order chi connectivity index (χ1) is 10.2. The van der Waals surface area contributed by atoms with Gasteiger partial charge in [-0.1, -0.05) is 38.8 Å². The molecule has 0 saturated carbocycles. The SMILES string of the molecule is CCCNC(Cc1cc(Cl)cc2c1OCC2)C(C)CCC. The van der Waals surface area contributed by atoms with Gasteiger partial charge in [0.05, 0.1) is 6.61 Å². The summed E-state index contributed by atoms with van der Waals surface area (Å²) in [6.45, 7) is 8.69. The summed E-state index contributed by atoms with van der Waals surface area (Å²) < 4.78 is 5.84. The molecule has 0 radical (unpaired) electrons. The first-order valence-corrected chi connectivity index (χ1v) is 8.71. The van der Waals surface area contributed by atoms with E-state index in [1.165, 1.54) is 30.4 Å². The average molecular weight is 310 g/mol. The van der Waals surface area contributed by atoms with Gasteiger partial charge in [-0.25, -0.2) is 0 Å². The monoisotopic (exact) mass is 309 g/mol. The molecule has 2 rings (SSSR count). The van der Waals surface area contributed by atoms with Crippen LogP contribution in [0.15, 0.2) is 12.1 Å². The van der Waals surface area contributed by atoms with Crippen LogP contribution in [0, 0.1) is 5.92 Å². The molecule has 0 saturated heterocycles. The van der Waals surface area contributed by atoms with E-state index in [-0.39, 0.29) is 0 Å². The van der Waals surface area contributed by atoms with Crippen molar-refractivity contribution in [2.45, 2.75) is 58.9 Å². The van der Waals surface area contributed by atoms with Crippen molar-refractivity contribution in [1.82, 2.24) is 5.32 Å². The van der Waals surface area contributed by atoms with Gasteiger partial charge < -0.3 is 10.1 Å². The topological polar surface area (TPSA) is 21.3 Å². The number of fused-ring (bicyclic) bond motifs is 1. The third-order valence-electron chi connectivity index (χ3n) is 4.35. The quantitative estimate of drug-likeness (QED) is 0.756. The zero-order valence-electron chi connectivity index (χ0n) is 13.5. The van der Waals surface area contributed by atoms with Crippen LogP contribution in [-0.2, 0) is 12.8 Å². The lowest BCUT2D eigenvalue weighted by Gasteiger charge is -2.26. The van der Waals surface area contributed by atoms with Gasteiger partial charge in [-0.05, 0) is 55.0 Å². The van der Waals surface area contributed by atoms with Crippen molar-refractivity contribution in [2.75, 3.05) is 13.2 Å². The molecule has 0 bridgehead atoms. The van der Waals surface area contributed by atoms with Crippen LogP contribution in [0.1, 0.15) is 51.2 Å². The van der Waals surface area contributed by atoms with Gasteiger partial charge in [-0.15, -0.1) is 0 Å². The molecule has 0 fully saturated rings. The minimum Gasteiger partial charge on any atom is -0.493 e. The Morgan fingerprint density at radius 1 is 1.29 bits per heavy atom. The van der Waals surface area contributed by atoms with E-state index in [0.29, 0.717) is 12.0 Å². The maximum atomic E-state index is 6.28. The standard InChI is InChI=1S/C18H28ClNO/c1-4-6-13(3)17(20-8-5-2)12-15-11-16(19)10-14-7-9-21-18(14)15/h10-11,13,17,20H,4-9,12H2,1-3H3.